The molecule has 20 heavy (non-hydrogen) atoms. The minimum absolute atomic E-state index is 0.0246. The summed E-state index contributed by atoms with van der Waals surface area (Å²) >= 11 is 0. The second-order valence-corrected chi connectivity index (χ2v) is 4.75. The van der Waals surface area contributed by atoms with Crippen LogP contribution in [-0.4, -0.2) is 21.1 Å². The lowest BCUT2D eigenvalue weighted by molar-refractivity contribution is 0.618. The highest BCUT2D eigenvalue weighted by Crippen LogP contribution is 2.05. The van der Waals surface area contributed by atoms with E-state index in [1.54, 1.807) is 16.8 Å². The molecule has 6 heteroatoms. The Bertz CT molecular complexity index is 638. The normalized spacial score (nSPS) is 14.4. The maximum Gasteiger partial charge on any atom is 0.253 e. The average Bonchev–Trinajstić information content (AvgIpc) is 2.72. The van der Waals surface area contributed by atoms with Gasteiger partial charge < -0.3 is 10.6 Å². The molecule has 0 aliphatic carbocycles. The van der Waals surface area contributed by atoms with E-state index in [1.807, 2.05) is 18.2 Å². The minimum Gasteiger partial charge on any atom is -0.364 e. The number of anilines is 1. The third-order valence-electron chi connectivity index (χ3n) is 3.27. The van der Waals surface area contributed by atoms with E-state index in [4.69, 9.17) is 0 Å². The van der Waals surface area contributed by atoms with Crippen LogP contribution in [0.5, 0.6) is 0 Å². The van der Waals surface area contributed by atoms with Crippen LogP contribution in [0.4, 0.5) is 5.82 Å². The number of nitrogens with one attached hydrogen (secondary N) is 2. The smallest absolute Gasteiger partial charge is 0.253 e. The topological polar surface area (TPSA) is 71.8 Å². The van der Waals surface area contributed by atoms with E-state index in [0.717, 1.165) is 36.8 Å². The van der Waals surface area contributed by atoms with Crippen molar-refractivity contribution in [2.45, 2.75) is 26.1 Å². The summed E-state index contributed by atoms with van der Waals surface area (Å²) in [6.07, 6.45) is 2.69. The Morgan fingerprint density at radius 2 is 2.35 bits per heavy atom. The lowest BCUT2D eigenvalue weighted by Crippen LogP contribution is -2.26. The van der Waals surface area contributed by atoms with E-state index >= 15 is 0 Å². The first kappa shape index (κ1) is 12.8. The number of pyridine rings is 1. The molecule has 0 unspecified atom stereocenters. The van der Waals surface area contributed by atoms with Gasteiger partial charge in [-0.05, 0) is 25.1 Å². The van der Waals surface area contributed by atoms with Crippen LogP contribution >= 0.6 is 0 Å². The molecule has 2 aromatic rings. The van der Waals surface area contributed by atoms with Gasteiger partial charge in [0.25, 0.3) is 5.56 Å². The summed E-state index contributed by atoms with van der Waals surface area (Å²) in [7, 11) is 0. The summed E-state index contributed by atoms with van der Waals surface area (Å²) in [5.41, 5.74) is 0.770. The summed E-state index contributed by atoms with van der Waals surface area (Å²) in [6, 6.07) is 7.27. The molecule has 2 N–H and O–H groups in total. The monoisotopic (exact) mass is 271 g/mol. The number of fused-ring (bicyclic) bond motifs is 1. The first-order valence-electron chi connectivity index (χ1n) is 6.78. The van der Waals surface area contributed by atoms with Crippen molar-refractivity contribution >= 4 is 5.82 Å². The molecule has 0 radical (unpaired) electrons. The number of aromatic nitrogens is 3. The van der Waals surface area contributed by atoms with Crippen LogP contribution in [0.2, 0.25) is 0 Å². The molecule has 1 aliphatic heterocycles. The molecular weight excluding hydrogens is 254 g/mol. The molecule has 0 amide bonds. The fourth-order valence-electron chi connectivity index (χ4n) is 2.28. The third kappa shape index (κ3) is 2.85. The summed E-state index contributed by atoms with van der Waals surface area (Å²) in [5, 5.41) is 6.45. The molecular formula is C14H17N5O. The van der Waals surface area contributed by atoms with Gasteiger partial charge in [0, 0.05) is 18.8 Å². The molecule has 3 rings (SSSR count). The van der Waals surface area contributed by atoms with E-state index in [9.17, 15) is 4.79 Å². The first-order valence-corrected chi connectivity index (χ1v) is 6.78. The van der Waals surface area contributed by atoms with E-state index in [2.05, 4.69) is 20.6 Å². The number of nitrogens with zero attached hydrogens (tertiary/aromatic N) is 3. The largest absolute Gasteiger partial charge is 0.364 e. The van der Waals surface area contributed by atoms with Gasteiger partial charge in [-0.15, -0.1) is 0 Å². The molecule has 0 fully saturated rings. The lowest BCUT2D eigenvalue weighted by Gasteiger charge is -2.10. The van der Waals surface area contributed by atoms with Gasteiger partial charge in [-0.2, -0.15) is 0 Å². The minimum atomic E-state index is 0.0246. The molecule has 3 heterocycles. The Morgan fingerprint density at radius 3 is 3.20 bits per heavy atom. The van der Waals surface area contributed by atoms with Crippen LogP contribution in [-0.2, 0) is 19.6 Å². The van der Waals surface area contributed by atoms with Gasteiger partial charge >= 0.3 is 0 Å². The van der Waals surface area contributed by atoms with Gasteiger partial charge in [0.05, 0.1) is 18.8 Å². The standard InChI is InChI=1S/C14H17N5O/c20-14-8-11(9-17-12-4-1-2-6-16-12)18-13-10-15-5-3-7-19(13)14/h1-2,4,6,8,15H,3,5,7,9-10H2,(H,16,17). The Kier molecular flexibility index (Phi) is 3.73. The van der Waals surface area contributed by atoms with Gasteiger partial charge in [-0.3, -0.25) is 9.36 Å². The summed E-state index contributed by atoms with van der Waals surface area (Å²) < 4.78 is 1.75. The maximum atomic E-state index is 12.1. The van der Waals surface area contributed by atoms with Crippen molar-refractivity contribution in [2.24, 2.45) is 0 Å². The predicted octanol–water partition coefficient (Wildman–Crippen LogP) is 0.744. The van der Waals surface area contributed by atoms with E-state index in [1.165, 1.54) is 0 Å². The average molecular weight is 271 g/mol. The van der Waals surface area contributed by atoms with Gasteiger partial charge in [0.1, 0.15) is 11.6 Å². The van der Waals surface area contributed by atoms with Gasteiger partial charge in [-0.1, -0.05) is 6.07 Å². The number of hydrogen-bond acceptors (Lipinski definition) is 5. The second kappa shape index (κ2) is 5.83. The van der Waals surface area contributed by atoms with Crippen molar-refractivity contribution in [3.63, 3.8) is 0 Å². The molecule has 6 nitrogen and oxygen atoms in total. The second-order valence-electron chi connectivity index (χ2n) is 4.75. The molecule has 0 saturated heterocycles. The Balaban J connectivity index is 1.79. The number of rotatable bonds is 3. The summed E-state index contributed by atoms with van der Waals surface area (Å²) in [4.78, 5) is 20.8. The highest BCUT2D eigenvalue weighted by Gasteiger charge is 2.11. The van der Waals surface area contributed by atoms with Crippen LogP contribution in [0.3, 0.4) is 0 Å². The Hall–Kier alpha value is -2.21. The van der Waals surface area contributed by atoms with Crippen molar-refractivity contribution in [1.82, 2.24) is 19.9 Å². The fraction of sp³-hybridized carbons (Fsp3) is 0.357. The quantitative estimate of drug-likeness (QED) is 0.861. The van der Waals surface area contributed by atoms with Crippen molar-refractivity contribution in [1.29, 1.82) is 0 Å². The van der Waals surface area contributed by atoms with E-state index in [0.29, 0.717) is 13.1 Å². The molecule has 1 aliphatic rings. The molecule has 2 aromatic heterocycles. The number of hydrogen-bond donors (Lipinski definition) is 2. The third-order valence-corrected chi connectivity index (χ3v) is 3.27. The molecule has 0 bridgehead atoms. The van der Waals surface area contributed by atoms with Crippen LogP contribution in [0.1, 0.15) is 17.9 Å². The lowest BCUT2D eigenvalue weighted by atomic mass is 10.3. The summed E-state index contributed by atoms with van der Waals surface area (Å²) in [6.45, 7) is 2.80. The van der Waals surface area contributed by atoms with Crippen molar-refractivity contribution in [3.05, 3.63) is 52.3 Å². The van der Waals surface area contributed by atoms with Gasteiger partial charge in [0.2, 0.25) is 0 Å². The van der Waals surface area contributed by atoms with Crippen molar-refractivity contribution in [3.8, 4) is 0 Å². The predicted molar refractivity (Wildman–Crippen MR) is 76.4 cm³/mol. The Morgan fingerprint density at radius 1 is 1.40 bits per heavy atom. The maximum absolute atomic E-state index is 12.1. The van der Waals surface area contributed by atoms with Crippen molar-refractivity contribution in [2.75, 3.05) is 11.9 Å². The van der Waals surface area contributed by atoms with Crippen LogP contribution < -0.4 is 16.2 Å². The van der Waals surface area contributed by atoms with E-state index in [-0.39, 0.29) is 5.56 Å². The molecule has 0 aromatic carbocycles. The summed E-state index contributed by atoms with van der Waals surface area (Å²) in [5.74, 6) is 1.59. The zero-order valence-electron chi connectivity index (χ0n) is 11.2. The van der Waals surface area contributed by atoms with Crippen LogP contribution in [0, 0.1) is 0 Å². The highest BCUT2D eigenvalue weighted by atomic mass is 16.1. The SMILES string of the molecule is O=c1cc(CNc2ccccn2)nc2n1CCCNC2. The molecule has 0 spiro atoms. The van der Waals surface area contributed by atoms with E-state index < -0.39 is 0 Å². The molecule has 104 valence electrons. The zero-order chi connectivity index (χ0) is 13.8. The van der Waals surface area contributed by atoms with Crippen molar-refractivity contribution < 1.29 is 0 Å². The first-order chi connectivity index (χ1) is 9.83. The zero-order valence-corrected chi connectivity index (χ0v) is 11.2. The van der Waals surface area contributed by atoms with Gasteiger partial charge in [0.15, 0.2) is 0 Å². The highest BCUT2D eigenvalue weighted by molar-refractivity contribution is 5.33. The van der Waals surface area contributed by atoms with Gasteiger partial charge in [-0.25, -0.2) is 9.97 Å². The Labute approximate surface area is 116 Å². The van der Waals surface area contributed by atoms with Crippen LogP contribution in [0.15, 0.2) is 35.3 Å². The fourth-order valence-corrected chi connectivity index (χ4v) is 2.28. The van der Waals surface area contributed by atoms with Crippen LogP contribution in [0.25, 0.3) is 0 Å². The molecule has 0 saturated carbocycles. The molecule has 0 atom stereocenters.